The molecule has 0 atom stereocenters. The van der Waals surface area contributed by atoms with E-state index in [1.54, 1.807) is 12.1 Å². The number of carboxylic acid groups (broad SMARTS) is 1. The van der Waals surface area contributed by atoms with Gasteiger partial charge in [0.25, 0.3) is 5.89 Å². The molecule has 2 heterocycles. The van der Waals surface area contributed by atoms with Gasteiger partial charge in [0.05, 0.1) is 0 Å². The van der Waals surface area contributed by atoms with E-state index in [0.717, 1.165) is 18.4 Å². The van der Waals surface area contributed by atoms with Gasteiger partial charge in [-0.15, -0.1) is 0 Å². The van der Waals surface area contributed by atoms with Crippen LogP contribution in [0, 0.1) is 0 Å². The SMILES string of the molecule is CCc1ccc(-c2nc(C(=O)O)co2)o1. The number of aryl methyl sites for hydroxylation is 1. The van der Waals surface area contributed by atoms with Crippen LogP contribution >= 0.6 is 0 Å². The minimum absolute atomic E-state index is 0.126. The molecule has 0 saturated carbocycles. The Morgan fingerprint density at radius 3 is 2.87 bits per heavy atom. The van der Waals surface area contributed by atoms with Gasteiger partial charge in [0.15, 0.2) is 11.5 Å². The largest absolute Gasteiger partial charge is 0.476 e. The quantitative estimate of drug-likeness (QED) is 0.834. The van der Waals surface area contributed by atoms with Crippen molar-refractivity contribution in [1.82, 2.24) is 4.98 Å². The highest BCUT2D eigenvalue weighted by Gasteiger charge is 2.14. The summed E-state index contributed by atoms with van der Waals surface area (Å²) in [7, 11) is 0. The Balaban J connectivity index is 2.32. The lowest BCUT2D eigenvalue weighted by atomic mass is 10.3. The van der Waals surface area contributed by atoms with Crippen molar-refractivity contribution >= 4 is 5.97 Å². The maximum atomic E-state index is 10.6. The molecule has 1 N–H and O–H groups in total. The van der Waals surface area contributed by atoms with Crippen LogP contribution in [-0.4, -0.2) is 16.1 Å². The molecule has 0 radical (unpaired) electrons. The van der Waals surface area contributed by atoms with Gasteiger partial charge in [-0.1, -0.05) is 6.92 Å². The summed E-state index contributed by atoms with van der Waals surface area (Å²) in [6.45, 7) is 1.96. The van der Waals surface area contributed by atoms with Crippen molar-refractivity contribution < 1.29 is 18.7 Å². The van der Waals surface area contributed by atoms with Crippen LogP contribution in [0.4, 0.5) is 0 Å². The summed E-state index contributed by atoms with van der Waals surface area (Å²) in [6.07, 6.45) is 1.86. The minimum atomic E-state index is -1.12. The van der Waals surface area contributed by atoms with E-state index in [9.17, 15) is 4.79 Å². The third-order valence-electron chi connectivity index (χ3n) is 1.94. The summed E-state index contributed by atoms with van der Waals surface area (Å²) in [5, 5.41) is 8.64. The Bertz CT molecular complexity index is 483. The highest BCUT2D eigenvalue weighted by molar-refractivity contribution is 5.85. The van der Waals surface area contributed by atoms with Crippen LogP contribution in [0.15, 0.2) is 27.2 Å². The average molecular weight is 207 g/mol. The number of oxazole rings is 1. The highest BCUT2D eigenvalue weighted by atomic mass is 16.4. The molecule has 0 aliphatic carbocycles. The Hall–Kier alpha value is -2.04. The summed E-state index contributed by atoms with van der Waals surface area (Å²) in [6, 6.07) is 3.51. The number of nitrogens with zero attached hydrogens (tertiary/aromatic N) is 1. The smallest absolute Gasteiger partial charge is 0.357 e. The molecule has 78 valence electrons. The fourth-order valence-electron chi connectivity index (χ4n) is 1.17. The van der Waals surface area contributed by atoms with Crippen LogP contribution in [0.1, 0.15) is 23.2 Å². The van der Waals surface area contributed by atoms with Crippen LogP contribution in [-0.2, 0) is 6.42 Å². The molecule has 0 amide bonds. The standard InChI is InChI=1S/C10H9NO4/c1-2-6-3-4-8(15-6)9-11-7(5-14-9)10(12)13/h3-5H,2H2,1H3,(H,12,13). The number of rotatable bonds is 3. The van der Waals surface area contributed by atoms with Crippen LogP contribution in [0.25, 0.3) is 11.7 Å². The molecule has 0 unspecified atom stereocenters. The van der Waals surface area contributed by atoms with Gasteiger partial charge in [-0.05, 0) is 12.1 Å². The number of aromatic carboxylic acids is 1. The van der Waals surface area contributed by atoms with Crippen LogP contribution < -0.4 is 0 Å². The van der Waals surface area contributed by atoms with Crippen molar-refractivity contribution in [2.75, 3.05) is 0 Å². The third-order valence-corrected chi connectivity index (χ3v) is 1.94. The van der Waals surface area contributed by atoms with Crippen molar-refractivity contribution in [2.24, 2.45) is 0 Å². The molecular weight excluding hydrogens is 198 g/mol. The van der Waals surface area contributed by atoms with Crippen molar-refractivity contribution in [3.05, 3.63) is 29.9 Å². The van der Waals surface area contributed by atoms with Gasteiger partial charge in [-0.25, -0.2) is 4.79 Å². The monoisotopic (exact) mass is 207 g/mol. The topological polar surface area (TPSA) is 76.5 Å². The number of carbonyl (C=O) groups is 1. The van der Waals surface area contributed by atoms with Crippen LogP contribution in [0.2, 0.25) is 0 Å². The zero-order chi connectivity index (χ0) is 10.8. The van der Waals surface area contributed by atoms with Gasteiger partial charge in [0.2, 0.25) is 0 Å². The predicted octanol–water partition coefficient (Wildman–Crippen LogP) is 2.20. The fourth-order valence-corrected chi connectivity index (χ4v) is 1.17. The van der Waals surface area contributed by atoms with E-state index in [1.807, 2.05) is 6.92 Å². The van der Waals surface area contributed by atoms with Crippen molar-refractivity contribution in [3.63, 3.8) is 0 Å². The molecule has 5 nitrogen and oxygen atoms in total. The molecule has 0 saturated heterocycles. The second-order valence-electron chi connectivity index (χ2n) is 2.96. The van der Waals surface area contributed by atoms with E-state index in [0.29, 0.717) is 5.76 Å². The minimum Gasteiger partial charge on any atom is -0.476 e. The molecular formula is C10H9NO4. The first-order valence-electron chi connectivity index (χ1n) is 4.48. The normalized spacial score (nSPS) is 10.5. The number of furan rings is 1. The first kappa shape index (κ1) is 9.51. The summed E-state index contributed by atoms with van der Waals surface area (Å²) >= 11 is 0. The lowest BCUT2D eigenvalue weighted by molar-refractivity contribution is 0.0690. The van der Waals surface area contributed by atoms with Gasteiger partial charge in [-0.3, -0.25) is 0 Å². The maximum Gasteiger partial charge on any atom is 0.357 e. The summed E-state index contributed by atoms with van der Waals surface area (Å²) < 4.78 is 10.3. The van der Waals surface area contributed by atoms with E-state index >= 15 is 0 Å². The van der Waals surface area contributed by atoms with E-state index in [1.165, 1.54) is 0 Å². The molecule has 0 fully saturated rings. The van der Waals surface area contributed by atoms with E-state index < -0.39 is 5.97 Å². The van der Waals surface area contributed by atoms with Crippen molar-refractivity contribution in [1.29, 1.82) is 0 Å². The fraction of sp³-hybridized carbons (Fsp3) is 0.200. The molecule has 2 aromatic heterocycles. The number of aromatic nitrogens is 1. The highest BCUT2D eigenvalue weighted by Crippen LogP contribution is 2.21. The number of hydrogen-bond donors (Lipinski definition) is 1. The Kier molecular flexibility index (Phi) is 2.29. The number of carboxylic acids is 1. The Morgan fingerprint density at radius 1 is 1.53 bits per heavy atom. The van der Waals surface area contributed by atoms with E-state index in [4.69, 9.17) is 13.9 Å². The maximum absolute atomic E-state index is 10.6. The van der Waals surface area contributed by atoms with Gasteiger partial charge < -0.3 is 13.9 Å². The molecule has 15 heavy (non-hydrogen) atoms. The zero-order valence-corrected chi connectivity index (χ0v) is 8.06. The third kappa shape index (κ3) is 1.76. The summed E-state index contributed by atoms with van der Waals surface area (Å²) in [5.74, 6) is 0.318. The molecule has 0 aliphatic heterocycles. The summed E-state index contributed by atoms with van der Waals surface area (Å²) in [4.78, 5) is 14.3. The molecule has 0 aliphatic rings. The van der Waals surface area contributed by atoms with E-state index in [-0.39, 0.29) is 11.6 Å². The van der Waals surface area contributed by atoms with Crippen LogP contribution in [0.3, 0.4) is 0 Å². The second kappa shape index (κ2) is 3.61. The lowest BCUT2D eigenvalue weighted by Gasteiger charge is -1.88. The molecule has 0 aromatic carbocycles. The Labute approximate surface area is 85.3 Å². The van der Waals surface area contributed by atoms with Crippen LogP contribution in [0.5, 0.6) is 0 Å². The first-order chi connectivity index (χ1) is 7.20. The van der Waals surface area contributed by atoms with E-state index in [2.05, 4.69) is 4.98 Å². The summed E-state index contributed by atoms with van der Waals surface area (Å²) in [5.41, 5.74) is -0.126. The van der Waals surface area contributed by atoms with Gasteiger partial charge in [-0.2, -0.15) is 4.98 Å². The zero-order valence-electron chi connectivity index (χ0n) is 8.06. The Morgan fingerprint density at radius 2 is 2.33 bits per heavy atom. The van der Waals surface area contributed by atoms with Crippen molar-refractivity contribution in [2.45, 2.75) is 13.3 Å². The van der Waals surface area contributed by atoms with Gasteiger partial charge >= 0.3 is 5.97 Å². The average Bonchev–Trinajstić information content (AvgIpc) is 2.86. The first-order valence-corrected chi connectivity index (χ1v) is 4.48. The second-order valence-corrected chi connectivity index (χ2v) is 2.96. The number of hydrogen-bond acceptors (Lipinski definition) is 4. The molecule has 0 spiro atoms. The van der Waals surface area contributed by atoms with Gasteiger partial charge in [0.1, 0.15) is 12.0 Å². The molecule has 2 aromatic rings. The molecule has 5 heteroatoms. The predicted molar refractivity (Wildman–Crippen MR) is 50.5 cm³/mol. The molecule has 0 bridgehead atoms. The molecule has 2 rings (SSSR count). The van der Waals surface area contributed by atoms with Gasteiger partial charge in [0, 0.05) is 6.42 Å². The lowest BCUT2D eigenvalue weighted by Crippen LogP contribution is -1.95. The van der Waals surface area contributed by atoms with Crippen molar-refractivity contribution in [3.8, 4) is 11.7 Å².